The largest absolute Gasteiger partial charge is 0.484 e. The lowest BCUT2D eigenvalue weighted by Gasteiger charge is -2.08. The standard InChI is InChI=1S/C19H17ClFN3O3/c1-11(2)18-23-19(27-24-18)12-3-6-14(7-4-12)26-10-17(25)22-16-8-5-13(20)9-15(16)21/h3-9,11H,10H2,1-2H3,(H,22,25). The first-order valence-electron chi connectivity index (χ1n) is 8.24. The van der Waals surface area contributed by atoms with Gasteiger partial charge in [-0.15, -0.1) is 0 Å². The summed E-state index contributed by atoms with van der Waals surface area (Å²) in [6.07, 6.45) is 0. The number of hydrogen-bond acceptors (Lipinski definition) is 5. The number of carbonyl (C=O) groups excluding carboxylic acids is 1. The van der Waals surface area contributed by atoms with E-state index in [0.717, 1.165) is 11.6 Å². The van der Waals surface area contributed by atoms with Gasteiger partial charge in [-0.2, -0.15) is 4.98 Å². The van der Waals surface area contributed by atoms with Crippen LogP contribution in [0.4, 0.5) is 10.1 Å². The summed E-state index contributed by atoms with van der Waals surface area (Å²) in [6.45, 7) is 3.69. The van der Waals surface area contributed by atoms with Gasteiger partial charge in [-0.05, 0) is 42.5 Å². The van der Waals surface area contributed by atoms with Crippen LogP contribution >= 0.6 is 11.6 Å². The van der Waals surface area contributed by atoms with Crippen LogP contribution in [0.5, 0.6) is 5.75 Å². The van der Waals surface area contributed by atoms with Crippen molar-refractivity contribution >= 4 is 23.2 Å². The minimum absolute atomic E-state index is 0.0423. The van der Waals surface area contributed by atoms with Gasteiger partial charge in [0.2, 0.25) is 0 Å². The highest BCUT2D eigenvalue weighted by atomic mass is 35.5. The number of hydrogen-bond donors (Lipinski definition) is 1. The average Bonchev–Trinajstić information content (AvgIpc) is 3.13. The molecule has 0 radical (unpaired) electrons. The minimum atomic E-state index is -0.611. The first kappa shape index (κ1) is 18.8. The van der Waals surface area contributed by atoms with E-state index < -0.39 is 11.7 Å². The van der Waals surface area contributed by atoms with Gasteiger partial charge in [-0.3, -0.25) is 4.79 Å². The number of aromatic nitrogens is 2. The van der Waals surface area contributed by atoms with Crippen LogP contribution in [0.3, 0.4) is 0 Å². The smallest absolute Gasteiger partial charge is 0.262 e. The third-order valence-corrected chi connectivity index (χ3v) is 3.87. The zero-order valence-electron chi connectivity index (χ0n) is 14.7. The molecule has 6 nitrogen and oxygen atoms in total. The monoisotopic (exact) mass is 389 g/mol. The number of carbonyl (C=O) groups is 1. The number of amides is 1. The molecule has 3 aromatic rings. The van der Waals surface area contributed by atoms with Crippen molar-refractivity contribution in [1.82, 2.24) is 10.1 Å². The van der Waals surface area contributed by atoms with Gasteiger partial charge in [0.1, 0.15) is 11.6 Å². The topological polar surface area (TPSA) is 77.2 Å². The summed E-state index contributed by atoms with van der Waals surface area (Å²) in [4.78, 5) is 16.2. The second-order valence-corrected chi connectivity index (χ2v) is 6.53. The van der Waals surface area contributed by atoms with Gasteiger partial charge < -0.3 is 14.6 Å². The molecule has 140 valence electrons. The van der Waals surface area contributed by atoms with Crippen molar-refractivity contribution in [3.05, 3.63) is 59.1 Å². The first-order valence-corrected chi connectivity index (χ1v) is 8.62. The molecule has 0 atom stereocenters. The van der Waals surface area contributed by atoms with Gasteiger partial charge in [0.15, 0.2) is 12.4 Å². The van der Waals surface area contributed by atoms with E-state index in [2.05, 4.69) is 15.5 Å². The number of benzene rings is 2. The van der Waals surface area contributed by atoms with Crippen LogP contribution in [0.2, 0.25) is 5.02 Å². The molecule has 0 saturated heterocycles. The van der Waals surface area contributed by atoms with Crippen LogP contribution in [0, 0.1) is 5.82 Å². The second-order valence-electron chi connectivity index (χ2n) is 6.10. The zero-order valence-corrected chi connectivity index (χ0v) is 15.5. The van der Waals surface area contributed by atoms with Crippen molar-refractivity contribution in [1.29, 1.82) is 0 Å². The van der Waals surface area contributed by atoms with Gasteiger partial charge in [0.25, 0.3) is 11.8 Å². The highest BCUT2D eigenvalue weighted by molar-refractivity contribution is 6.30. The van der Waals surface area contributed by atoms with Crippen molar-refractivity contribution in [3.8, 4) is 17.2 Å². The van der Waals surface area contributed by atoms with E-state index in [1.807, 2.05) is 13.8 Å². The fourth-order valence-electron chi connectivity index (χ4n) is 2.21. The van der Waals surface area contributed by atoms with Gasteiger partial charge in [-0.25, -0.2) is 4.39 Å². The Kier molecular flexibility index (Phi) is 5.71. The van der Waals surface area contributed by atoms with Crippen molar-refractivity contribution in [2.75, 3.05) is 11.9 Å². The summed E-state index contributed by atoms with van der Waals surface area (Å²) in [5.74, 6) is 0.611. The maximum atomic E-state index is 13.7. The molecule has 8 heteroatoms. The van der Waals surface area contributed by atoms with Crippen LogP contribution in [-0.2, 0) is 4.79 Å². The SMILES string of the molecule is CC(C)c1noc(-c2ccc(OCC(=O)Nc3ccc(Cl)cc3F)cc2)n1. The summed E-state index contributed by atoms with van der Waals surface area (Å²) in [5, 5.41) is 6.60. The number of anilines is 1. The lowest BCUT2D eigenvalue weighted by Crippen LogP contribution is -2.20. The Hall–Kier alpha value is -2.93. The Bertz CT molecular complexity index is 942. The number of nitrogens with zero attached hydrogens (tertiary/aromatic N) is 2. The Morgan fingerprint density at radius 2 is 2.00 bits per heavy atom. The molecule has 1 aromatic heterocycles. The normalized spacial score (nSPS) is 10.9. The maximum Gasteiger partial charge on any atom is 0.262 e. The molecule has 0 saturated carbocycles. The van der Waals surface area contributed by atoms with Crippen LogP contribution in [0.25, 0.3) is 11.5 Å². The highest BCUT2D eigenvalue weighted by Gasteiger charge is 2.12. The summed E-state index contributed by atoms with van der Waals surface area (Å²) in [7, 11) is 0. The second kappa shape index (κ2) is 8.18. The Labute approximate surface area is 160 Å². The number of nitrogens with one attached hydrogen (secondary N) is 1. The molecule has 1 amide bonds. The number of rotatable bonds is 6. The Morgan fingerprint density at radius 3 is 2.63 bits per heavy atom. The minimum Gasteiger partial charge on any atom is -0.484 e. The molecule has 0 spiro atoms. The molecule has 0 aliphatic heterocycles. The van der Waals surface area contributed by atoms with Crippen molar-refractivity contribution in [3.63, 3.8) is 0 Å². The quantitative estimate of drug-likeness (QED) is 0.662. The molecular formula is C19H17ClFN3O3. The third-order valence-electron chi connectivity index (χ3n) is 3.63. The van der Waals surface area contributed by atoms with Crippen molar-refractivity contribution in [2.45, 2.75) is 19.8 Å². The Balaban J connectivity index is 1.57. The van der Waals surface area contributed by atoms with E-state index in [1.54, 1.807) is 24.3 Å². The summed E-state index contributed by atoms with van der Waals surface area (Å²) < 4.78 is 24.3. The summed E-state index contributed by atoms with van der Waals surface area (Å²) >= 11 is 5.68. The lowest BCUT2D eigenvalue weighted by molar-refractivity contribution is -0.118. The van der Waals surface area contributed by atoms with E-state index >= 15 is 0 Å². The zero-order chi connectivity index (χ0) is 19.4. The molecule has 2 aromatic carbocycles. The molecule has 0 fully saturated rings. The molecule has 1 heterocycles. The number of ether oxygens (including phenoxy) is 1. The summed E-state index contributed by atoms with van der Waals surface area (Å²) in [5.41, 5.74) is 0.787. The fraction of sp³-hybridized carbons (Fsp3) is 0.211. The molecule has 3 rings (SSSR count). The van der Waals surface area contributed by atoms with Crippen molar-refractivity contribution < 1.29 is 18.4 Å². The molecule has 0 unspecified atom stereocenters. The fourth-order valence-corrected chi connectivity index (χ4v) is 2.37. The molecule has 0 bridgehead atoms. The lowest BCUT2D eigenvalue weighted by atomic mass is 10.2. The molecule has 27 heavy (non-hydrogen) atoms. The first-order chi connectivity index (χ1) is 12.9. The maximum absolute atomic E-state index is 13.7. The van der Waals surface area contributed by atoms with E-state index in [1.165, 1.54) is 12.1 Å². The van der Waals surface area contributed by atoms with Crippen LogP contribution < -0.4 is 10.1 Å². The highest BCUT2D eigenvalue weighted by Crippen LogP contribution is 2.23. The van der Waals surface area contributed by atoms with Crippen LogP contribution in [-0.4, -0.2) is 22.7 Å². The van der Waals surface area contributed by atoms with Crippen LogP contribution in [0.1, 0.15) is 25.6 Å². The number of halogens is 2. The van der Waals surface area contributed by atoms with Crippen molar-refractivity contribution in [2.24, 2.45) is 0 Å². The van der Waals surface area contributed by atoms with Gasteiger partial charge in [-0.1, -0.05) is 30.6 Å². The molecule has 0 aliphatic rings. The Morgan fingerprint density at radius 1 is 1.26 bits per heavy atom. The molecule has 0 aliphatic carbocycles. The van der Waals surface area contributed by atoms with E-state index in [0.29, 0.717) is 17.5 Å². The van der Waals surface area contributed by atoms with E-state index in [-0.39, 0.29) is 23.2 Å². The van der Waals surface area contributed by atoms with Gasteiger partial charge >= 0.3 is 0 Å². The predicted octanol–water partition coefficient (Wildman–Crippen LogP) is 4.67. The van der Waals surface area contributed by atoms with E-state index in [4.69, 9.17) is 20.9 Å². The molecule has 1 N–H and O–H groups in total. The van der Waals surface area contributed by atoms with Gasteiger partial charge in [0.05, 0.1) is 5.69 Å². The third kappa shape index (κ3) is 4.83. The van der Waals surface area contributed by atoms with Gasteiger partial charge in [0, 0.05) is 16.5 Å². The predicted molar refractivity (Wildman–Crippen MR) is 99.4 cm³/mol. The summed E-state index contributed by atoms with van der Waals surface area (Å²) in [6, 6.07) is 10.9. The van der Waals surface area contributed by atoms with Crippen LogP contribution in [0.15, 0.2) is 47.0 Å². The van der Waals surface area contributed by atoms with E-state index in [9.17, 15) is 9.18 Å². The molecular weight excluding hydrogens is 373 g/mol. The average molecular weight is 390 g/mol.